The molecule has 0 radical (unpaired) electrons. The van der Waals surface area contributed by atoms with Gasteiger partial charge in [0.15, 0.2) is 0 Å². The van der Waals surface area contributed by atoms with Crippen molar-refractivity contribution in [3.05, 3.63) is 0 Å². The van der Waals surface area contributed by atoms with E-state index in [0.29, 0.717) is 31.8 Å². The second-order valence-electron chi connectivity index (χ2n) is 8.07. The zero-order valence-electron chi connectivity index (χ0n) is 15.4. The first-order valence-corrected chi connectivity index (χ1v) is 8.88. The highest BCUT2D eigenvalue weighted by molar-refractivity contribution is 5.77. The Morgan fingerprint density at radius 2 is 1.65 bits per heavy atom. The SMILES string of the molecule is CCC(CC)(CNC1CCN(C(=O)CC(C)(C)C)CC1)C(=O)O. The number of nitrogens with one attached hydrogen (secondary N) is 1. The van der Waals surface area contributed by atoms with E-state index in [-0.39, 0.29) is 11.3 Å². The Labute approximate surface area is 140 Å². The first-order valence-electron chi connectivity index (χ1n) is 8.88. The van der Waals surface area contributed by atoms with Crippen LogP contribution >= 0.6 is 0 Å². The van der Waals surface area contributed by atoms with Gasteiger partial charge in [-0.15, -0.1) is 0 Å². The number of hydrogen-bond acceptors (Lipinski definition) is 3. The van der Waals surface area contributed by atoms with Gasteiger partial charge in [0.1, 0.15) is 0 Å². The summed E-state index contributed by atoms with van der Waals surface area (Å²) in [6.07, 6.45) is 3.65. The normalized spacial score (nSPS) is 17.3. The van der Waals surface area contributed by atoms with Crippen LogP contribution in [0, 0.1) is 10.8 Å². The minimum Gasteiger partial charge on any atom is -0.481 e. The fourth-order valence-corrected chi connectivity index (χ4v) is 3.12. The van der Waals surface area contributed by atoms with Crippen molar-refractivity contribution in [1.82, 2.24) is 10.2 Å². The molecule has 1 amide bonds. The van der Waals surface area contributed by atoms with E-state index in [1.54, 1.807) is 0 Å². The predicted octanol–water partition coefficient (Wildman–Crippen LogP) is 2.89. The Kier molecular flexibility index (Phi) is 7.05. The fraction of sp³-hybridized carbons (Fsp3) is 0.889. The Balaban J connectivity index is 2.45. The van der Waals surface area contributed by atoms with Crippen molar-refractivity contribution >= 4 is 11.9 Å². The maximum atomic E-state index is 12.2. The molecule has 1 saturated heterocycles. The van der Waals surface area contributed by atoms with Crippen LogP contribution in [0.2, 0.25) is 0 Å². The highest BCUT2D eigenvalue weighted by Crippen LogP contribution is 2.27. The van der Waals surface area contributed by atoms with Gasteiger partial charge in [-0.3, -0.25) is 9.59 Å². The first kappa shape index (κ1) is 19.9. The lowest BCUT2D eigenvalue weighted by atomic mass is 9.82. The van der Waals surface area contributed by atoms with Crippen molar-refractivity contribution < 1.29 is 14.7 Å². The third-order valence-electron chi connectivity index (χ3n) is 5.07. The molecule has 1 aliphatic rings. The molecule has 23 heavy (non-hydrogen) atoms. The Morgan fingerprint density at radius 3 is 2.04 bits per heavy atom. The van der Waals surface area contributed by atoms with Crippen molar-refractivity contribution in [3.63, 3.8) is 0 Å². The zero-order valence-corrected chi connectivity index (χ0v) is 15.4. The van der Waals surface area contributed by atoms with Gasteiger partial charge in [-0.05, 0) is 31.1 Å². The van der Waals surface area contributed by atoms with Crippen molar-refractivity contribution in [2.24, 2.45) is 10.8 Å². The zero-order chi connectivity index (χ0) is 17.7. The van der Waals surface area contributed by atoms with E-state index < -0.39 is 11.4 Å². The molecule has 0 aliphatic carbocycles. The summed E-state index contributed by atoms with van der Waals surface area (Å²) < 4.78 is 0. The van der Waals surface area contributed by atoms with Gasteiger partial charge in [-0.1, -0.05) is 34.6 Å². The van der Waals surface area contributed by atoms with Gasteiger partial charge in [0.05, 0.1) is 5.41 Å². The molecule has 0 unspecified atom stereocenters. The molecule has 1 rings (SSSR count). The van der Waals surface area contributed by atoms with Gasteiger partial charge in [-0.2, -0.15) is 0 Å². The van der Waals surface area contributed by atoms with Crippen molar-refractivity contribution in [2.45, 2.75) is 72.8 Å². The van der Waals surface area contributed by atoms with E-state index in [1.165, 1.54) is 0 Å². The lowest BCUT2D eigenvalue weighted by Gasteiger charge is -2.36. The number of aliphatic carboxylic acids is 1. The average molecular weight is 326 g/mol. The average Bonchev–Trinajstić information content (AvgIpc) is 2.47. The number of carboxylic acids is 1. The third-order valence-corrected chi connectivity index (χ3v) is 5.07. The number of amides is 1. The van der Waals surface area contributed by atoms with Crippen LogP contribution < -0.4 is 5.32 Å². The summed E-state index contributed by atoms with van der Waals surface area (Å²) in [6.45, 7) is 12.2. The molecule has 0 aromatic rings. The van der Waals surface area contributed by atoms with Crippen molar-refractivity contribution in [1.29, 1.82) is 0 Å². The van der Waals surface area contributed by atoms with E-state index in [9.17, 15) is 14.7 Å². The molecule has 0 aromatic heterocycles. The summed E-state index contributed by atoms with van der Waals surface area (Å²) >= 11 is 0. The summed E-state index contributed by atoms with van der Waals surface area (Å²) in [5, 5.41) is 12.9. The summed E-state index contributed by atoms with van der Waals surface area (Å²) in [4.78, 5) is 25.7. The molecule has 0 aromatic carbocycles. The monoisotopic (exact) mass is 326 g/mol. The van der Waals surface area contributed by atoms with E-state index in [4.69, 9.17) is 0 Å². The van der Waals surface area contributed by atoms with Crippen LogP contribution in [0.5, 0.6) is 0 Å². The molecule has 0 spiro atoms. The van der Waals surface area contributed by atoms with E-state index >= 15 is 0 Å². The molecule has 0 atom stereocenters. The van der Waals surface area contributed by atoms with E-state index in [2.05, 4.69) is 26.1 Å². The molecule has 1 aliphatic heterocycles. The highest BCUT2D eigenvalue weighted by Gasteiger charge is 2.35. The minimum absolute atomic E-state index is 0.0233. The van der Waals surface area contributed by atoms with Crippen LogP contribution in [0.1, 0.15) is 66.7 Å². The van der Waals surface area contributed by atoms with E-state index in [0.717, 1.165) is 25.9 Å². The quantitative estimate of drug-likeness (QED) is 0.755. The molecule has 1 heterocycles. The maximum absolute atomic E-state index is 12.2. The Hall–Kier alpha value is -1.10. The van der Waals surface area contributed by atoms with Crippen LogP contribution in [-0.4, -0.2) is 47.6 Å². The van der Waals surface area contributed by atoms with Gasteiger partial charge < -0.3 is 15.3 Å². The van der Waals surface area contributed by atoms with Crippen LogP contribution in [0.3, 0.4) is 0 Å². The number of carboxylic acid groups (broad SMARTS) is 1. The van der Waals surface area contributed by atoms with Crippen LogP contribution in [0.25, 0.3) is 0 Å². The largest absolute Gasteiger partial charge is 0.481 e. The second-order valence-corrected chi connectivity index (χ2v) is 8.07. The molecule has 2 N–H and O–H groups in total. The number of hydrogen-bond donors (Lipinski definition) is 2. The second kappa shape index (κ2) is 8.13. The van der Waals surface area contributed by atoms with Gasteiger partial charge in [0.2, 0.25) is 5.91 Å². The number of carbonyl (C=O) groups excluding carboxylic acids is 1. The standard InChI is InChI=1S/C18H34N2O3/c1-6-18(7-2,16(22)23)13-19-14-8-10-20(11-9-14)15(21)12-17(3,4)5/h14,19H,6-13H2,1-5H3,(H,22,23). The molecule has 1 fully saturated rings. The van der Waals surface area contributed by atoms with Crippen molar-refractivity contribution in [3.8, 4) is 0 Å². The predicted molar refractivity (Wildman–Crippen MR) is 92.3 cm³/mol. The summed E-state index contributed by atoms with van der Waals surface area (Å²) in [5.41, 5.74) is -0.644. The van der Waals surface area contributed by atoms with Crippen LogP contribution in [0.15, 0.2) is 0 Å². The first-order chi connectivity index (χ1) is 10.6. The van der Waals surface area contributed by atoms with Crippen molar-refractivity contribution in [2.75, 3.05) is 19.6 Å². The van der Waals surface area contributed by atoms with Gasteiger partial charge in [0.25, 0.3) is 0 Å². The topological polar surface area (TPSA) is 69.6 Å². The number of nitrogens with zero attached hydrogens (tertiary/aromatic N) is 1. The van der Waals surface area contributed by atoms with Gasteiger partial charge in [0, 0.05) is 32.1 Å². The highest BCUT2D eigenvalue weighted by atomic mass is 16.4. The molecular weight excluding hydrogens is 292 g/mol. The van der Waals surface area contributed by atoms with E-state index in [1.807, 2.05) is 18.7 Å². The number of piperidine rings is 1. The fourth-order valence-electron chi connectivity index (χ4n) is 3.12. The van der Waals surface area contributed by atoms with Crippen LogP contribution in [-0.2, 0) is 9.59 Å². The molecule has 5 nitrogen and oxygen atoms in total. The number of likely N-dealkylation sites (tertiary alicyclic amines) is 1. The Bertz CT molecular complexity index is 403. The molecular formula is C18H34N2O3. The van der Waals surface area contributed by atoms with Gasteiger partial charge in [-0.25, -0.2) is 0 Å². The lowest BCUT2D eigenvalue weighted by molar-refractivity contribution is -0.149. The maximum Gasteiger partial charge on any atom is 0.310 e. The lowest BCUT2D eigenvalue weighted by Crippen LogP contribution is -2.49. The van der Waals surface area contributed by atoms with Crippen LogP contribution in [0.4, 0.5) is 0 Å². The number of rotatable bonds is 7. The molecule has 134 valence electrons. The molecule has 0 saturated carbocycles. The molecule has 5 heteroatoms. The third kappa shape index (κ3) is 5.79. The summed E-state index contributed by atoms with van der Waals surface area (Å²) in [7, 11) is 0. The number of carbonyl (C=O) groups is 2. The summed E-state index contributed by atoms with van der Waals surface area (Å²) in [6, 6.07) is 0.311. The van der Waals surface area contributed by atoms with Gasteiger partial charge >= 0.3 is 5.97 Å². The molecule has 0 bridgehead atoms. The summed E-state index contributed by atoms with van der Waals surface area (Å²) in [5.74, 6) is -0.481. The minimum atomic E-state index is -0.715. The Morgan fingerprint density at radius 1 is 1.13 bits per heavy atom. The smallest absolute Gasteiger partial charge is 0.310 e.